The number of sulfone groups is 1. The molecule has 0 bridgehead atoms. The summed E-state index contributed by atoms with van der Waals surface area (Å²) in [7, 11) is -5.83. The van der Waals surface area contributed by atoms with E-state index in [9.17, 15) is 31.2 Å². The van der Waals surface area contributed by atoms with Gasteiger partial charge >= 0.3 is 11.5 Å². The monoisotopic (exact) mass is 382 g/mol. The van der Waals surface area contributed by atoms with Gasteiger partial charge in [0, 0.05) is 19.3 Å². The lowest BCUT2D eigenvalue weighted by atomic mass is 10.3. The zero-order valence-corrected chi connectivity index (χ0v) is 13.5. The Balaban J connectivity index is 2.14. The van der Waals surface area contributed by atoms with Gasteiger partial charge in [-0.05, 0) is 12.1 Å². The molecule has 1 amide bonds. The molecule has 1 aromatic heterocycles. The van der Waals surface area contributed by atoms with E-state index in [2.05, 4.69) is 9.72 Å². The Morgan fingerprint density at radius 1 is 1.28 bits per heavy atom. The number of morpholine rings is 1. The van der Waals surface area contributed by atoms with Crippen molar-refractivity contribution in [1.82, 2.24) is 9.88 Å². The van der Waals surface area contributed by atoms with E-state index in [0.717, 1.165) is 18.3 Å². The fraction of sp³-hybridized carbons (Fsp3) is 0.462. The van der Waals surface area contributed by atoms with Crippen LogP contribution in [-0.4, -0.2) is 68.6 Å². The molecule has 2 heterocycles. The summed E-state index contributed by atoms with van der Waals surface area (Å²) in [5.41, 5.74) is -6.52. The Bertz CT molecular complexity index is 759. The molecule has 1 fully saturated rings. The first-order valence-corrected chi connectivity index (χ1v) is 8.42. The highest BCUT2D eigenvalue weighted by Gasteiger charge is 2.49. The zero-order chi connectivity index (χ0) is 18.7. The van der Waals surface area contributed by atoms with Crippen LogP contribution in [0.3, 0.4) is 0 Å². The number of halogens is 3. The number of amides is 1. The van der Waals surface area contributed by atoms with Crippen LogP contribution in [0.15, 0.2) is 23.4 Å². The van der Waals surface area contributed by atoms with Crippen molar-refractivity contribution >= 4 is 21.7 Å². The average molecular weight is 382 g/mol. The zero-order valence-electron chi connectivity index (χ0n) is 12.7. The number of ether oxygens (including phenoxy) is 2. The summed E-state index contributed by atoms with van der Waals surface area (Å²) in [6.45, 7) is 0.472. The maximum absolute atomic E-state index is 12.7. The van der Waals surface area contributed by atoms with Gasteiger partial charge < -0.3 is 14.4 Å². The second-order valence-electron chi connectivity index (χ2n) is 4.87. The van der Waals surface area contributed by atoms with E-state index in [-0.39, 0.29) is 13.1 Å². The number of hydrogen-bond donors (Lipinski definition) is 0. The van der Waals surface area contributed by atoms with Crippen LogP contribution in [-0.2, 0) is 24.1 Å². The van der Waals surface area contributed by atoms with Crippen molar-refractivity contribution in [1.29, 1.82) is 0 Å². The molecule has 1 aliphatic rings. The van der Waals surface area contributed by atoms with E-state index < -0.39 is 44.4 Å². The lowest BCUT2D eigenvalue weighted by Crippen LogP contribution is -2.42. The van der Waals surface area contributed by atoms with E-state index in [4.69, 9.17) is 4.74 Å². The minimum absolute atomic E-state index is 0.289. The van der Waals surface area contributed by atoms with Crippen LogP contribution in [0.25, 0.3) is 0 Å². The Morgan fingerprint density at radius 3 is 2.52 bits per heavy atom. The van der Waals surface area contributed by atoms with Crippen LogP contribution < -0.4 is 0 Å². The van der Waals surface area contributed by atoms with Gasteiger partial charge in [0.25, 0.3) is 15.7 Å². The van der Waals surface area contributed by atoms with Gasteiger partial charge in [-0.1, -0.05) is 0 Å². The van der Waals surface area contributed by atoms with Gasteiger partial charge in [-0.15, -0.1) is 0 Å². The molecule has 0 N–H and O–H groups in total. The third kappa shape index (κ3) is 4.25. The number of carbonyl (C=O) groups excluding carboxylic acids is 2. The van der Waals surface area contributed by atoms with Crippen molar-refractivity contribution in [2.24, 2.45) is 0 Å². The third-order valence-corrected chi connectivity index (χ3v) is 4.68. The molecular formula is C13H13F3N2O6S. The second-order valence-corrected chi connectivity index (χ2v) is 6.73. The Labute approximate surface area is 140 Å². The maximum Gasteiger partial charge on any atom is 0.503 e. The molecule has 138 valence electrons. The summed E-state index contributed by atoms with van der Waals surface area (Å²) < 4.78 is 70.7. The van der Waals surface area contributed by atoms with Gasteiger partial charge in [0.1, 0.15) is 0 Å². The number of pyridine rings is 1. The van der Waals surface area contributed by atoms with Gasteiger partial charge in [-0.3, -0.25) is 4.79 Å². The first-order chi connectivity index (χ1) is 11.6. The van der Waals surface area contributed by atoms with Gasteiger partial charge in [0.05, 0.1) is 18.8 Å². The van der Waals surface area contributed by atoms with Crippen LogP contribution in [0.4, 0.5) is 13.2 Å². The van der Waals surface area contributed by atoms with E-state index in [1.165, 1.54) is 4.90 Å². The molecule has 8 nitrogen and oxygen atoms in total. The number of hydrogen-bond acceptors (Lipinski definition) is 7. The molecule has 1 aliphatic heterocycles. The fourth-order valence-corrected chi connectivity index (χ4v) is 2.84. The molecule has 1 saturated heterocycles. The molecule has 0 saturated carbocycles. The SMILES string of the molecule is O=C(OCC(=O)N1CCOCC1)c1cccnc1S(=O)(=O)C(F)(F)F. The van der Waals surface area contributed by atoms with Crippen LogP contribution in [0.1, 0.15) is 10.4 Å². The molecule has 0 unspecified atom stereocenters. The molecular weight excluding hydrogens is 369 g/mol. The lowest BCUT2D eigenvalue weighted by molar-refractivity contribution is -0.138. The first-order valence-electron chi connectivity index (χ1n) is 6.93. The molecule has 1 aromatic rings. The highest BCUT2D eigenvalue weighted by Crippen LogP contribution is 2.31. The van der Waals surface area contributed by atoms with Crippen molar-refractivity contribution in [2.45, 2.75) is 10.5 Å². The molecule has 0 radical (unpaired) electrons. The number of rotatable bonds is 4. The summed E-state index contributed by atoms with van der Waals surface area (Å²) >= 11 is 0. The predicted octanol–water partition coefficient (Wildman–Crippen LogP) is 0.391. The second kappa shape index (κ2) is 7.35. The van der Waals surface area contributed by atoms with E-state index >= 15 is 0 Å². The van der Waals surface area contributed by atoms with Crippen LogP contribution in [0, 0.1) is 0 Å². The van der Waals surface area contributed by atoms with E-state index in [0.29, 0.717) is 13.2 Å². The molecule has 0 aliphatic carbocycles. The number of aromatic nitrogens is 1. The molecule has 0 aromatic carbocycles. The van der Waals surface area contributed by atoms with Gasteiger partial charge in [-0.2, -0.15) is 13.2 Å². The highest BCUT2D eigenvalue weighted by molar-refractivity contribution is 7.92. The highest BCUT2D eigenvalue weighted by atomic mass is 32.2. The predicted molar refractivity (Wildman–Crippen MR) is 75.2 cm³/mol. The summed E-state index contributed by atoms with van der Waals surface area (Å²) in [5, 5.41) is -1.47. The fourth-order valence-electron chi connectivity index (χ4n) is 1.98. The number of nitrogens with zero attached hydrogens (tertiary/aromatic N) is 2. The Morgan fingerprint density at radius 2 is 1.92 bits per heavy atom. The number of carbonyl (C=O) groups is 2. The lowest BCUT2D eigenvalue weighted by Gasteiger charge is -2.26. The summed E-state index contributed by atoms with van der Waals surface area (Å²) in [4.78, 5) is 28.3. The minimum Gasteiger partial charge on any atom is -0.452 e. The topological polar surface area (TPSA) is 103 Å². The number of alkyl halides is 3. The van der Waals surface area contributed by atoms with Crippen LogP contribution >= 0.6 is 0 Å². The van der Waals surface area contributed by atoms with Crippen molar-refractivity contribution in [3.8, 4) is 0 Å². The van der Waals surface area contributed by atoms with Crippen molar-refractivity contribution < 1.29 is 40.7 Å². The van der Waals surface area contributed by atoms with E-state index in [1.54, 1.807) is 0 Å². The van der Waals surface area contributed by atoms with Crippen LogP contribution in [0.5, 0.6) is 0 Å². The third-order valence-electron chi connectivity index (χ3n) is 3.24. The normalized spacial score (nSPS) is 15.7. The summed E-state index contributed by atoms with van der Waals surface area (Å²) in [6, 6.07) is 1.91. The molecule has 0 spiro atoms. The molecule has 25 heavy (non-hydrogen) atoms. The first kappa shape index (κ1) is 19.1. The largest absolute Gasteiger partial charge is 0.503 e. The van der Waals surface area contributed by atoms with Crippen molar-refractivity contribution in [3.63, 3.8) is 0 Å². The van der Waals surface area contributed by atoms with Gasteiger partial charge in [0.15, 0.2) is 11.6 Å². The summed E-state index contributed by atoms with van der Waals surface area (Å²) in [6.07, 6.45) is 0.800. The molecule has 0 atom stereocenters. The van der Waals surface area contributed by atoms with Crippen LogP contribution in [0.2, 0.25) is 0 Å². The average Bonchev–Trinajstić information content (AvgIpc) is 2.59. The van der Waals surface area contributed by atoms with Gasteiger partial charge in [0.2, 0.25) is 0 Å². The van der Waals surface area contributed by atoms with E-state index in [1.807, 2.05) is 0 Å². The van der Waals surface area contributed by atoms with Gasteiger partial charge in [-0.25, -0.2) is 18.2 Å². The Kier molecular flexibility index (Phi) is 5.62. The summed E-state index contributed by atoms with van der Waals surface area (Å²) in [5.74, 6) is -1.96. The quantitative estimate of drug-likeness (QED) is 0.694. The minimum atomic E-state index is -5.83. The maximum atomic E-state index is 12.7. The Hall–Kier alpha value is -2.21. The smallest absolute Gasteiger partial charge is 0.452 e. The standard InChI is InChI=1S/C13H13F3N2O6S/c14-13(15,16)25(21,22)11-9(2-1-3-17-11)12(20)24-8-10(19)18-4-6-23-7-5-18/h1-3H,4-8H2. The van der Waals surface area contributed by atoms with Crippen molar-refractivity contribution in [2.75, 3.05) is 32.9 Å². The molecule has 12 heteroatoms. The molecule has 2 rings (SSSR count). The number of esters is 1. The van der Waals surface area contributed by atoms with Crippen molar-refractivity contribution in [3.05, 3.63) is 23.9 Å².